The highest BCUT2D eigenvalue weighted by atomic mass is 32.2. The Bertz CT molecular complexity index is 374. The van der Waals surface area contributed by atoms with Crippen LogP contribution in [0.2, 0.25) is 0 Å². The maximum Gasteiger partial charge on any atom is 0.256 e. The molecule has 0 aromatic carbocycles. The summed E-state index contributed by atoms with van der Waals surface area (Å²) in [7, 11) is -3.40. The first-order valence-electron chi connectivity index (χ1n) is 3.92. The molecule has 0 saturated carbocycles. The lowest BCUT2D eigenvalue weighted by molar-refractivity contribution is 0.580. The molecule has 4 N–H and O–H groups in total. The van der Waals surface area contributed by atoms with E-state index in [1.54, 1.807) is 13.8 Å². The van der Waals surface area contributed by atoms with Gasteiger partial charge in [-0.25, -0.2) is 13.1 Å². The van der Waals surface area contributed by atoms with Crippen LogP contribution in [0.25, 0.3) is 0 Å². The van der Waals surface area contributed by atoms with Crippen molar-refractivity contribution in [2.45, 2.75) is 18.9 Å². The van der Waals surface area contributed by atoms with Gasteiger partial charge in [0, 0.05) is 12.2 Å². The van der Waals surface area contributed by atoms with Crippen molar-refractivity contribution >= 4 is 15.7 Å². The van der Waals surface area contributed by atoms with Crippen molar-refractivity contribution in [1.29, 1.82) is 0 Å². The minimum absolute atomic E-state index is 0.115. The highest BCUT2D eigenvalue weighted by Gasteiger charge is 2.15. The molecule has 0 atom stereocenters. The molecule has 0 fully saturated rings. The second-order valence-electron chi connectivity index (χ2n) is 2.72. The van der Waals surface area contributed by atoms with Crippen molar-refractivity contribution in [3.8, 4) is 0 Å². The summed E-state index contributed by atoms with van der Waals surface area (Å²) in [4.78, 5) is 2.69. The fourth-order valence-electron chi connectivity index (χ4n) is 0.955. The predicted octanol–water partition coefficient (Wildman–Crippen LogP) is 0.204. The van der Waals surface area contributed by atoms with Gasteiger partial charge in [0.25, 0.3) is 10.0 Å². The molecule has 13 heavy (non-hydrogen) atoms. The second kappa shape index (κ2) is 3.39. The third-order valence-corrected chi connectivity index (χ3v) is 3.12. The van der Waals surface area contributed by atoms with Gasteiger partial charge in [-0.1, -0.05) is 6.92 Å². The minimum Gasteiger partial charge on any atom is -0.397 e. The van der Waals surface area contributed by atoms with Gasteiger partial charge in [-0.05, 0) is 13.0 Å². The summed E-state index contributed by atoms with van der Waals surface area (Å²) < 4.78 is 25.2. The molecule has 0 radical (unpaired) electrons. The standard InChI is InChI=1S/C7H13N3O2S/c1-3-9-13(11,12)7-4-6(8)5(2)10-7/h4,9-10H,3,8H2,1-2H3. The Hall–Kier alpha value is -1.01. The number of hydrogen-bond acceptors (Lipinski definition) is 3. The van der Waals surface area contributed by atoms with E-state index in [-0.39, 0.29) is 5.03 Å². The van der Waals surface area contributed by atoms with Crippen LogP contribution in [0, 0.1) is 6.92 Å². The van der Waals surface area contributed by atoms with E-state index in [0.29, 0.717) is 17.9 Å². The van der Waals surface area contributed by atoms with Crippen molar-refractivity contribution in [2.24, 2.45) is 0 Å². The first-order chi connectivity index (χ1) is 5.97. The Morgan fingerprint density at radius 1 is 1.62 bits per heavy atom. The monoisotopic (exact) mass is 203 g/mol. The Morgan fingerprint density at radius 3 is 2.62 bits per heavy atom. The first-order valence-corrected chi connectivity index (χ1v) is 5.40. The molecule has 0 spiro atoms. The largest absolute Gasteiger partial charge is 0.397 e. The topological polar surface area (TPSA) is 88.0 Å². The van der Waals surface area contributed by atoms with Crippen LogP contribution in [-0.2, 0) is 10.0 Å². The van der Waals surface area contributed by atoms with Crippen molar-refractivity contribution in [2.75, 3.05) is 12.3 Å². The number of hydrogen-bond donors (Lipinski definition) is 3. The maximum absolute atomic E-state index is 11.4. The lowest BCUT2D eigenvalue weighted by Crippen LogP contribution is -2.23. The van der Waals surface area contributed by atoms with Crippen molar-refractivity contribution in [1.82, 2.24) is 9.71 Å². The number of aromatic nitrogens is 1. The van der Waals surface area contributed by atoms with E-state index in [1.807, 2.05) is 0 Å². The Morgan fingerprint density at radius 2 is 2.23 bits per heavy atom. The van der Waals surface area contributed by atoms with Crippen LogP contribution >= 0.6 is 0 Å². The third-order valence-electron chi connectivity index (χ3n) is 1.65. The summed E-state index contributed by atoms with van der Waals surface area (Å²) in [6.07, 6.45) is 0. The lowest BCUT2D eigenvalue weighted by Gasteiger charge is -1.99. The summed E-state index contributed by atoms with van der Waals surface area (Å²) in [5.41, 5.74) is 6.63. The molecular formula is C7H13N3O2S. The third kappa shape index (κ3) is 2.02. The van der Waals surface area contributed by atoms with E-state index >= 15 is 0 Å². The zero-order valence-electron chi connectivity index (χ0n) is 7.59. The first kappa shape index (κ1) is 10.1. The van der Waals surface area contributed by atoms with E-state index in [2.05, 4.69) is 9.71 Å². The van der Waals surface area contributed by atoms with Crippen molar-refractivity contribution in [3.63, 3.8) is 0 Å². The van der Waals surface area contributed by atoms with Crippen LogP contribution in [0.5, 0.6) is 0 Å². The molecule has 0 aliphatic heterocycles. The normalized spacial score (nSPS) is 11.8. The number of anilines is 1. The number of sulfonamides is 1. The maximum atomic E-state index is 11.4. The average Bonchev–Trinajstić information content (AvgIpc) is 2.33. The molecule has 0 aliphatic carbocycles. The van der Waals surface area contributed by atoms with Crippen molar-refractivity contribution < 1.29 is 8.42 Å². The van der Waals surface area contributed by atoms with Gasteiger partial charge in [0.1, 0.15) is 5.03 Å². The predicted molar refractivity (Wildman–Crippen MR) is 50.8 cm³/mol. The molecule has 0 saturated heterocycles. The van der Waals surface area contributed by atoms with Gasteiger partial charge in [-0.3, -0.25) is 0 Å². The molecule has 1 aromatic rings. The number of aryl methyl sites for hydroxylation is 1. The molecular weight excluding hydrogens is 190 g/mol. The van der Waals surface area contributed by atoms with Crippen molar-refractivity contribution in [3.05, 3.63) is 11.8 Å². The van der Waals surface area contributed by atoms with Gasteiger partial charge < -0.3 is 10.7 Å². The molecule has 74 valence electrons. The van der Waals surface area contributed by atoms with E-state index < -0.39 is 10.0 Å². The summed E-state index contributed by atoms with van der Waals surface area (Å²) in [5.74, 6) is 0. The number of aromatic amines is 1. The average molecular weight is 203 g/mol. The molecule has 0 amide bonds. The zero-order valence-corrected chi connectivity index (χ0v) is 8.40. The number of nitrogens with two attached hydrogens (primary N) is 1. The van der Waals surface area contributed by atoms with Gasteiger partial charge in [-0.15, -0.1) is 0 Å². The van der Waals surface area contributed by atoms with Gasteiger partial charge in [0.05, 0.1) is 5.69 Å². The van der Waals surface area contributed by atoms with Gasteiger partial charge in [0.15, 0.2) is 0 Å². The van der Waals surface area contributed by atoms with E-state index in [4.69, 9.17) is 5.73 Å². The highest BCUT2D eigenvalue weighted by Crippen LogP contribution is 2.15. The zero-order chi connectivity index (χ0) is 10.1. The number of nitrogen functional groups attached to an aromatic ring is 1. The molecule has 1 heterocycles. The SMILES string of the molecule is CCNS(=O)(=O)c1cc(N)c(C)[nH]1. The van der Waals surface area contributed by atoms with E-state index in [9.17, 15) is 8.42 Å². The second-order valence-corrected chi connectivity index (χ2v) is 4.45. The molecule has 0 unspecified atom stereocenters. The smallest absolute Gasteiger partial charge is 0.256 e. The highest BCUT2D eigenvalue weighted by molar-refractivity contribution is 7.89. The minimum atomic E-state index is -3.40. The molecule has 5 nitrogen and oxygen atoms in total. The molecule has 0 bridgehead atoms. The Kier molecular flexibility index (Phi) is 2.63. The fraction of sp³-hybridized carbons (Fsp3) is 0.429. The lowest BCUT2D eigenvalue weighted by atomic mass is 10.4. The Balaban J connectivity index is 3.08. The van der Waals surface area contributed by atoms with Gasteiger partial charge in [0.2, 0.25) is 0 Å². The summed E-state index contributed by atoms with van der Waals surface area (Å²) in [6.45, 7) is 3.80. The number of rotatable bonds is 3. The van der Waals surface area contributed by atoms with Crippen LogP contribution in [0.1, 0.15) is 12.6 Å². The summed E-state index contributed by atoms with van der Waals surface area (Å²) in [6, 6.07) is 1.41. The summed E-state index contributed by atoms with van der Waals surface area (Å²) >= 11 is 0. The van der Waals surface area contributed by atoms with E-state index in [0.717, 1.165) is 0 Å². The molecule has 1 rings (SSSR count). The molecule has 0 aliphatic rings. The van der Waals surface area contributed by atoms with Crippen LogP contribution in [-0.4, -0.2) is 19.9 Å². The van der Waals surface area contributed by atoms with E-state index in [1.165, 1.54) is 6.07 Å². The van der Waals surface area contributed by atoms with Gasteiger partial charge in [-0.2, -0.15) is 0 Å². The summed E-state index contributed by atoms with van der Waals surface area (Å²) in [5, 5.41) is 0.115. The number of H-pyrrole nitrogens is 1. The fourth-order valence-corrected chi connectivity index (χ4v) is 2.06. The van der Waals surface area contributed by atoms with Crippen LogP contribution < -0.4 is 10.5 Å². The van der Waals surface area contributed by atoms with Crippen LogP contribution in [0.3, 0.4) is 0 Å². The van der Waals surface area contributed by atoms with Crippen LogP contribution in [0.4, 0.5) is 5.69 Å². The Labute approximate surface area is 77.4 Å². The quantitative estimate of drug-likeness (QED) is 0.656. The van der Waals surface area contributed by atoms with Gasteiger partial charge >= 0.3 is 0 Å². The van der Waals surface area contributed by atoms with Crippen LogP contribution in [0.15, 0.2) is 11.1 Å². The molecule has 6 heteroatoms. The number of nitrogens with one attached hydrogen (secondary N) is 2. The molecule has 1 aromatic heterocycles.